The number of fused-ring (bicyclic) bond motifs is 2. The number of aromatic nitrogens is 6. The van der Waals surface area contributed by atoms with E-state index in [0.29, 0.717) is 29.2 Å². The summed E-state index contributed by atoms with van der Waals surface area (Å²) in [5, 5.41) is 9.74. The molecule has 0 bridgehead atoms. The highest BCUT2D eigenvalue weighted by atomic mass is 19.1. The van der Waals surface area contributed by atoms with E-state index >= 15 is 0 Å². The lowest BCUT2D eigenvalue weighted by Crippen LogP contribution is -2.37. The van der Waals surface area contributed by atoms with Crippen molar-refractivity contribution in [3.63, 3.8) is 0 Å². The van der Waals surface area contributed by atoms with E-state index in [1.54, 1.807) is 29.1 Å². The number of benzene rings is 2. The molecule has 0 radical (unpaired) electrons. The molecule has 8 heteroatoms. The Hall–Kier alpha value is -4.33. The van der Waals surface area contributed by atoms with Crippen molar-refractivity contribution < 1.29 is 13.6 Å². The van der Waals surface area contributed by atoms with E-state index < -0.39 is 0 Å². The number of aromatic amines is 2. The van der Waals surface area contributed by atoms with Crippen molar-refractivity contribution >= 4 is 21.9 Å². The van der Waals surface area contributed by atoms with Gasteiger partial charge in [-0.15, -0.1) is 0 Å². The molecule has 4 heterocycles. The zero-order valence-electron chi connectivity index (χ0n) is 16.2. The average molecular weight is 411 g/mol. The highest BCUT2D eigenvalue weighted by Crippen LogP contribution is 2.24. The summed E-state index contributed by atoms with van der Waals surface area (Å²) in [6.45, 7) is 0.405. The summed E-state index contributed by atoms with van der Waals surface area (Å²) < 4.78 is 21.3. The Balaban J connectivity index is 1.28. The summed E-state index contributed by atoms with van der Waals surface area (Å²) in [6.07, 6.45) is 5.38. The largest absolute Gasteiger partial charge is 0.361 e. The lowest BCUT2D eigenvalue weighted by atomic mass is 10.1. The number of nitrogens with zero attached hydrogens (tertiary/aromatic N) is 4. The third-order valence-corrected chi connectivity index (χ3v) is 5.22. The molecule has 0 aliphatic carbocycles. The summed E-state index contributed by atoms with van der Waals surface area (Å²) in [6, 6.07) is 16.6. The van der Waals surface area contributed by atoms with Crippen molar-refractivity contribution in [2.45, 2.75) is 6.54 Å². The minimum Gasteiger partial charge on any atom is -0.361 e. The van der Waals surface area contributed by atoms with Gasteiger partial charge < -0.3 is 14.5 Å². The molecule has 0 saturated heterocycles. The molecule has 31 heavy (non-hydrogen) atoms. The summed E-state index contributed by atoms with van der Waals surface area (Å²) in [7, 11) is 0. The van der Waals surface area contributed by atoms with Crippen LogP contribution in [0.25, 0.3) is 44.6 Å². The highest BCUT2D eigenvalue weighted by molar-refractivity contribution is 5.84. The minimum atomic E-state index is -0.325. The van der Waals surface area contributed by atoms with Crippen molar-refractivity contribution in [3.05, 3.63) is 84.8 Å². The third kappa shape index (κ3) is 3.14. The van der Waals surface area contributed by atoms with Crippen molar-refractivity contribution in [2.24, 2.45) is 0 Å². The summed E-state index contributed by atoms with van der Waals surface area (Å²) in [5.41, 5.74) is 4.62. The molecule has 0 unspecified atom stereocenters. The third-order valence-electron chi connectivity index (χ3n) is 5.22. The molecule has 0 fully saturated rings. The quantitative estimate of drug-likeness (QED) is 0.425. The van der Waals surface area contributed by atoms with E-state index in [-0.39, 0.29) is 5.82 Å². The number of hydrogen-bond acceptors (Lipinski definition) is 4. The second-order valence-electron chi connectivity index (χ2n) is 7.29. The second kappa shape index (κ2) is 6.88. The Kier molecular flexibility index (Phi) is 3.89. The molecule has 0 spiro atoms. The van der Waals surface area contributed by atoms with E-state index in [1.807, 2.05) is 42.7 Å². The van der Waals surface area contributed by atoms with Gasteiger partial charge in [-0.1, -0.05) is 34.1 Å². The predicted molar refractivity (Wildman–Crippen MR) is 112 cm³/mol. The van der Waals surface area contributed by atoms with Gasteiger partial charge in [-0.2, -0.15) is 0 Å². The van der Waals surface area contributed by atoms with Crippen LogP contribution in [0.15, 0.2) is 77.7 Å². The van der Waals surface area contributed by atoms with Gasteiger partial charge in [0.2, 0.25) is 18.5 Å². The first-order valence-corrected chi connectivity index (χ1v) is 9.76. The smallest absolute Gasteiger partial charge is 0.234 e. The molecular formula is C23H16FN6O+. The molecule has 0 atom stereocenters. The number of rotatable bonds is 4. The van der Waals surface area contributed by atoms with Crippen LogP contribution >= 0.6 is 0 Å². The standard InChI is InChI=1S/C23H15FN6O/c24-18-4-2-1-3-17(18)23-27-21-11-26-30(13-22(21)28-23)12-16-10-20(29-31-16)15-6-5-14-7-8-25-19(14)9-15/h1-11,13H,12H2,(H,25,29)/p+1. The molecule has 0 aliphatic rings. The molecule has 2 aromatic carbocycles. The van der Waals surface area contributed by atoms with Gasteiger partial charge in [-0.25, -0.2) is 9.37 Å². The van der Waals surface area contributed by atoms with Crippen LogP contribution in [0.1, 0.15) is 5.76 Å². The number of H-pyrrole nitrogens is 2. The van der Waals surface area contributed by atoms with Crippen LogP contribution in [0.5, 0.6) is 0 Å². The van der Waals surface area contributed by atoms with Crippen LogP contribution in [-0.4, -0.2) is 25.2 Å². The van der Waals surface area contributed by atoms with Crippen LogP contribution in [0.4, 0.5) is 4.39 Å². The lowest BCUT2D eigenvalue weighted by molar-refractivity contribution is -0.746. The van der Waals surface area contributed by atoms with Crippen molar-refractivity contribution in [2.75, 3.05) is 0 Å². The Bertz CT molecular complexity index is 1550. The summed E-state index contributed by atoms with van der Waals surface area (Å²) in [4.78, 5) is 10.8. The maximum absolute atomic E-state index is 14.1. The van der Waals surface area contributed by atoms with Crippen LogP contribution in [0.2, 0.25) is 0 Å². The molecule has 4 aromatic heterocycles. The Morgan fingerprint density at radius 2 is 1.97 bits per heavy atom. The molecule has 6 aromatic rings. The number of imidazole rings is 1. The maximum atomic E-state index is 14.1. The predicted octanol–water partition coefficient (Wildman–Crippen LogP) is 4.24. The average Bonchev–Trinajstić information content (AvgIpc) is 3.52. The van der Waals surface area contributed by atoms with Gasteiger partial charge in [0.15, 0.2) is 0 Å². The summed E-state index contributed by atoms with van der Waals surface area (Å²) >= 11 is 0. The van der Waals surface area contributed by atoms with Gasteiger partial charge in [0, 0.05) is 23.3 Å². The summed E-state index contributed by atoms with van der Waals surface area (Å²) in [5.74, 6) is 0.815. The van der Waals surface area contributed by atoms with Gasteiger partial charge in [0.1, 0.15) is 34.6 Å². The normalized spacial score (nSPS) is 11.5. The van der Waals surface area contributed by atoms with Gasteiger partial charge in [-0.05, 0) is 34.8 Å². The molecule has 6 rings (SSSR count). The number of halogens is 1. The fraction of sp³-hybridized carbons (Fsp3) is 0.0435. The Morgan fingerprint density at radius 1 is 1.03 bits per heavy atom. The van der Waals surface area contributed by atoms with Gasteiger partial charge in [-0.3, -0.25) is 0 Å². The van der Waals surface area contributed by atoms with E-state index in [2.05, 4.69) is 25.2 Å². The van der Waals surface area contributed by atoms with Crippen LogP contribution < -0.4 is 4.68 Å². The second-order valence-corrected chi connectivity index (χ2v) is 7.29. The van der Waals surface area contributed by atoms with E-state index in [4.69, 9.17) is 4.52 Å². The van der Waals surface area contributed by atoms with Crippen LogP contribution in [-0.2, 0) is 6.54 Å². The first-order valence-electron chi connectivity index (χ1n) is 9.76. The topological polar surface area (TPSA) is 87.3 Å². The monoisotopic (exact) mass is 411 g/mol. The zero-order valence-corrected chi connectivity index (χ0v) is 16.2. The van der Waals surface area contributed by atoms with Crippen molar-refractivity contribution in [3.8, 4) is 22.6 Å². The number of nitrogens with one attached hydrogen (secondary N) is 2. The van der Waals surface area contributed by atoms with Crippen LogP contribution in [0, 0.1) is 5.82 Å². The van der Waals surface area contributed by atoms with E-state index in [0.717, 1.165) is 27.7 Å². The SMILES string of the molecule is Fc1ccccc1-c1nc2cn[n+](Cc3cc(-c4ccc5cc[nH]c5c4)no3)cc2[nH]1. The van der Waals surface area contributed by atoms with Gasteiger partial charge in [0.25, 0.3) is 0 Å². The maximum Gasteiger partial charge on any atom is 0.234 e. The fourth-order valence-corrected chi connectivity index (χ4v) is 3.67. The fourth-order valence-electron chi connectivity index (χ4n) is 3.67. The lowest BCUT2D eigenvalue weighted by Gasteiger charge is -1.96. The first-order chi connectivity index (χ1) is 15.2. The molecule has 2 N–H and O–H groups in total. The molecular weight excluding hydrogens is 395 g/mol. The number of hydrogen-bond donors (Lipinski definition) is 2. The molecule has 0 aliphatic heterocycles. The van der Waals surface area contributed by atoms with Crippen molar-refractivity contribution in [1.82, 2.24) is 25.2 Å². The Labute approximate surface area is 175 Å². The van der Waals surface area contributed by atoms with Gasteiger partial charge >= 0.3 is 0 Å². The van der Waals surface area contributed by atoms with E-state index in [1.165, 1.54) is 6.07 Å². The van der Waals surface area contributed by atoms with Gasteiger partial charge in [0.05, 0.1) is 5.56 Å². The molecule has 150 valence electrons. The molecule has 0 saturated carbocycles. The zero-order chi connectivity index (χ0) is 20.8. The van der Waals surface area contributed by atoms with E-state index in [9.17, 15) is 4.39 Å². The van der Waals surface area contributed by atoms with Crippen LogP contribution in [0.3, 0.4) is 0 Å². The first kappa shape index (κ1) is 17.5. The Morgan fingerprint density at radius 3 is 2.90 bits per heavy atom. The minimum absolute atomic E-state index is 0.325. The highest BCUT2D eigenvalue weighted by Gasteiger charge is 2.16. The molecule has 7 nitrogen and oxygen atoms in total. The van der Waals surface area contributed by atoms with Crippen molar-refractivity contribution in [1.29, 1.82) is 0 Å². The molecule has 0 amide bonds.